The summed E-state index contributed by atoms with van der Waals surface area (Å²) >= 11 is 0. The Morgan fingerprint density at radius 1 is 1.41 bits per heavy atom. The molecule has 92 valence electrons. The summed E-state index contributed by atoms with van der Waals surface area (Å²) in [6.07, 6.45) is 0. The first-order valence-electron chi connectivity index (χ1n) is 5.61. The second kappa shape index (κ2) is 6.09. The summed E-state index contributed by atoms with van der Waals surface area (Å²) in [5, 5.41) is 2.72. The lowest BCUT2D eigenvalue weighted by Gasteiger charge is -2.10. The van der Waals surface area contributed by atoms with Gasteiger partial charge >= 0.3 is 0 Å². The molecule has 1 amide bonds. The number of ether oxygens (including phenoxy) is 1. The van der Waals surface area contributed by atoms with Crippen LogP contribution in [0.5, 0.6) is 5.75 Å². The molecule has 0 aliphatic heterocycles. The summed E-state index contributed by atoms with van der Waals surface area (Å²) in [5.41, 5.74) is 3.15. The summed E-state index contributed by atoms with van der Waals surface area (Å²) in [6, 6.07) is 5.81. The van der Waals surface area contributed by atoms with Gasteiger partial charge in [0.15, 0.2) is 6.61 Å². The van der Waals surface area contributed by atoms with Gasteiger partial charge in [-0.3, -0.25) is 4.79 Å². The Morgan fingerprint density at radius 3 is 2.76 bits per heavy atom. The maximum absolute atomic E-state index is 11.4. The number of benzene rings is 1. The van der Waals surface area contributed by atoms with Crippen molar-refractivity contribution >= 4 is 5.91 Å². The van der Waals surface area contributed by atoms with Crippen LogP contribution in [0.1, 0.15) is 18.1 Å². The summed E-state index contributed by atoms with van der Waals surface area (Å²) < 4.78 is 5.47. The normalized spacial score (nSPS) is 9.82. The quantitative estimate of drug-likeness (QED) is 0.793. The van der Waals surface area contributed by atoms with Gasteiger partial charge in [-0.15, -0.1) is 0 Å². The Balaban J connectivity index is 2.47. The first-order valence-corrected chi connectivity index (χ1v) is 5.61. The summed E-state index contributed by atoms with van der Waals surface area (Å²) in [4.78, 5) is 11.4. The summed E-state index contributed by atoms with van der Waals surface area (Å²) in [7, 11) is 0. The topological polar surface area (TPSA) is 38.3 Å². The van der Waals surface area contributed by atoms with E-state index in [9.17, 15) is 4.79 Å². The molecular formula is C14H19NO2. The van der Waals surface area contributed by atoms with E-state index in [0.29, 0.717) is 6.54 Å². The van der Waals surface area contributed by atoms with Crippen LogP contribution in [0.4, 0.5) is 0 Å². The highest BCUT2D eigenvalue weighted by atomic mass is 16.5. The van der Waals surface area contributed by atoms with Crippen LogP contribution in [0.15, 0.2) is 30.4 Å². The van der Waals surface area contributed by atoms with Crippen LogP contribution in [0, 0.1) is 13.8 Å². The van der Waals surface area contributed by atoms with Crippen LogP contribution in [-0.4, -0.2) is 19.1 Å². The standard InChI is InChI=1S/C14H19NO2/c1-10(2)8-15-14(16)9-17-13-7-5-6-11(3)12(13)4/h5-7H,1,8-9H2,2-4H3,(H,15,16). The predicted octanol–water partition coefficient (Wildman–Crippen LogP) is 2.37. The molecule has 1 aromatic carbocycles. The van der Waals surface area contributed by atoms with E-state index in [2.05, 4.69) is 11.9 Å². The van der Waals surface area contributed by atoms with Gasteiger partial charge in [0, 0.05) is 6.54 Å². The third kappa shape index (κ3) is 4.31. The molecule has 0 unspecified atom stereocenters. The molecule has 1 N–H and O–H groups in total. The monoisotopic (exact) mass is 233 g/mol. The average Bonchev–Trinajstić information content (AvgIpc) is 2.28. The van der Waals surface area contributed by atoms with Gasteiger partial charge in [-0.25, -0.2) is 0 Å². The molecule has 0 aliphatic rings. The van der Waals surface area contributed by atoms with Crippen LogP contribution >= 0.6 is 0 Å². The molecule has 3 nitrogen and oxygen atoms in total. The molecule has 1 aromatic rings. The van der Waals surface area contributed by atoms with E-state index in [1.54, 1.807) is 0 Å². The van der Waals surface area contributed by atoms with Crippen molar-refractivity contribution in [2.24, 2.45) is 0 Å². The number of nitrogens with one attached hydrogen (secondary N) is 1. The van der Waals surface area contributed by atoms with Gasteiger partial charge in [0.05, 0.1) is 0 Å². The number of rotatable bonds is 5. The molecular weight excluding hydrogens is 214 g/mol. The third-order valence-electron chi connectivity index (χ3n) is 2.50. The highest BCUT2D eigenvalue weighted by molar-refractivity contribution is 5.77. The summed E-state index contributed by atoms with van der Waals surface area (Å²) in [5.74, 6) is 0.629. The van der Waals surface area contributed by atoms with E-state index in [1.165, 1.54) is 0 Å². The van der Waals surface area contributed by atoms with Crippen molar-refractivity contribution < 1.29 is 9.53 Å². The minimum Gasteiger partial charge on any atom is -0.483 e. The first-order chi connectivity index (χ1) is 8.00. The van der Waals surface area contributed by atoms with Gasteiger partial charge in [-0.2, -0.15) is 0 Å². The lowest BCUT2D eigenvalue weighted by molar-refractivity contribution is -0.122. The van der Waals surface area contributed by atoms with E-state index < -0.39 is 0 Å². The van der Waals surface area contributed by atoms with Gasteiger partial charge in [-0.1, -0.05) is 24.3 Å². The van der Waals surface area contributed by atoms with Crippen molar-refractivity contribution in [3.8, 4) is 5.75 Å². The fourth-order valence-corrected chi connectivity index (χ4v) is 1.32. The average molecular weight is 233 g/mol. The van der Waals surface area contributed by atoms with Crippen molar-refractivity contribution in [1.29, 1.82) is 0 Å². The van der Waals surface area contributed by atoms with E-state index in [4.69, 9.17) is 4.74 Å². The van der Waals surface area contributed by atoms with Gasteiger partial charge < -0.3 is 10.1 Å². The van der Waals surface area contributed by atoms with Crippen molar-refractivity contribution in [3.05, 3.63) is 41.5 Å². The SMILES string of the molecule is C=C(C)CNC(=O)COc1cccc(C)c1C. The Kier molecular flexibility index (Phi) is 4.76. The molecule has 3 heteroatoms. The highest BCUT2D eigenvalue weighted by Gasteiger charge is 2.05. The maximum atomic E-state index is 11.4. The zero-order valence-electron chi connectivity index (χ0n) is 10.7. The fourth-order valence-electron chi connectivity index (χ4n) is 1.32. The lowest BCUT2D eigenvalue weighted by atomic mass is 10.1. The van der Waals surface area contributed by atoms with Crippen molar-refractivity contribution in [3.63, 3.8) is 0 Å². The second-order valence-corrected chi connectivity index (χ2v) is 4.22. The fraction of sp³-hybridized carbons (Fsp3) is 0.357. The number of carbonyl (C=O) groups excluding carboxylic acids is 1. The Morgan fingerprint density at radius 2 is 2.12 bits per heavy atom. The molecule has 0 heterocycles. The number of carbonyl (C=O) groups is 1. The Hall–Kier alpha value is -1.77. The number of hydrogen-bond acceptors (Lipinski definition) is 2. The summed E-state index contributed by atoms with van der Waals surface area (Å²) in [6.45, 7) is 10.1. The molecule has 0 atom stereocenters. The van der Waals surface area contributed by atoms with Crippen molar-refractivity contribution in [1.82, 2.24) is 5.32 Å². The van der Waals surface area contributed by atoms with Crippen LogP contribution in [0.25, 0.3) is 0 Å². The zero-order valence-corrected chi connectivity index (χ0v) is 10.7. The molecule has 0 bridgehead atoms. The van der Waals surface area contributed by atoms with Crippen LogP contribution in [0.3, 0.4) is 0 Å². The van der Waals surface area contributed by atoms with Gasteiger partial charge in [0.25, 0.3) is 5.91 Å². The molecule has 0 fully saturated rings. The van der Waals surface area contributed by atoms with Crippen LogP contribution in [0.2, 0.25) is 0 Å². The van der Waals surface area contributed by atoms with Gasteiger partial charge in [0.1, 0.15) is 5.75 Å². The minimum absolute atomic E-state index is 0.0393. The largest absolute Gasteiger partial charge is 0.483 e. The molecule has 0 saturated carbocycles. The number of aryl methyl sites for hydroxylation is 1. The van der Waals surface area contributed by atoms with Gasteiger partial charge in [0.2, 0.25) is 0 Å². The van der Waals surface area contributed by atoms with Crippen molar-refractivity contribution in [2.45, 2.75) is 20.8 Å². The van der Waals surface area contributed by atoms with Crippen molar-refractivity contribution in [2.75, 3.05) is 13.2 Å². The highest BCUT2D eigenvalue weighted by Crippen LogP contribution is 2.20. The van der Waals surface area contributed by atoms with E-state index in [0.717, 1.165) is 22.4 Å². The molecule has 0 aliphatic carbocycles. The van der Waals surface area contributed by atoms with Crippen LogP contribution in [-0.2, 0) is 4.79 Å². The minimum atomic E-state index is -0.131. The van der Waals surface area contributed by atoms with E-state index in [1.807, 2.05) is 39.0 Å². The zero-order chi connectivity index (χ0) is 12.8. The predicted molar refractivity (Wildman–Crippen MR) is 69.2 cm³/mol. The Labute approximate surface area is 102 Å². The molecule has 0 saturated heterocycles. The number of amides is 1. The maximum Gasteiger partial charge on any atom is 0.258 e. The third-order valence-corrected chi connectivity index (χ3v) is 2.50. The molecule has 1 rings (SSSR count). The lowest BCUT2D eigenvalue weighted by Crippen LogP contribution is -2.30. The second-order valence-electron chi connectivity index (χ2n) is 4.22. The first kappa shape index (κ1) is 13.3. The number of hydrogen-bond donors (Lipinski definition) is 1. The van der Waals surface area contributed by atoms with Gasteiger partial charge in [-0.05, 0) is 38.0 Å². The Bertz CT molecular complexity index is 424. The molecule has 0 spiro atoms. The molecule has 0 radical (unpaired) electrons. The smallest absolute Gasteiger partial charge is 0.258 e. The van der Waals surface area contributed by atoms with E-state index >= 15 is 0 Å². The molecule has 17 heavy (non-hydrogen) atoms. The van der Waals surface area contributed by atoms with Crippen LogP contribution < -0.4 is 10.1 Å². The molecule has 0 aromatic heterocycles. The van der Waals surface area contributed by atoms with E-state index in [-0.39, 0.29) is 12.5 Å².